The Hall–Kier alpha value is -1.57. The number of rotatable bonds is 7. The van der Waals surface area contributed by atoms with Crippen molar-refractivity contribution in [3.8, 4) is 0 Å². The smallest absolute Gasteiger partial charge is 0.327 e. The number of Topliss-reactive ketones (excluding diaryl/α,β-unsaturated/α-hetero) is 1. The van der Waals surface area contributed by atoms with Crippen LogP contribution in [0, 0.1) is 34.5 Å². The molecule has 0 saturated heterocycles. The van der Waals surface area contributed by atoms with Gasteiger partial charge in [0.15, 0.2) is 0 Å². The predicted octanol–water partition coefficient (Wildman–Crippen LogP) is 3.79. The first-order valence-electron chi connectivity index (χ1n) is 12.9. The number of hydrogen-bond acceptors (Lipinski definition) is 6. The van der Waals surface area contributed by atoms with Crippen LogP contribution in [0.1, 0.15) is 84.5 Å². The summed E-state index contributed by atoms with van der Waals surface area (Å²) < 4.78 is 5.94. The van der Waals surface area contributed by atoms with Crippen LogP contribution in [0.5, 0.6) is 0 Å². The first-order valence-corrected chi connectivity index (χ1v) is 13.6. The second kappa shape index (κ2) is 9.82. The fourth-order valence-corrected chi connectivity index (χ4v) is 8.32. The molecule has 0 aliphatic heterocycles. The van der Waals surface area contributed by atoms with Gasteiger partial charge in [-0.15, -0.1) is 0 Å². The molecular formula is C26H39NO6S. The van der Waals surface area contributed by atoms with Crippen LogP contribution in [0.4, 0.5) is 0 Å². The number of nitrogens with one attached hydrogen (secondary N) is 1. The van der Waals surface area contributed by atoms with E-state index >= 15 is 0 Å². The molecule has 4 saturated carbocycles. The number of ether oxygens (including phenoxy) is 1. The lowest BCUT2D eigenvalue weighted by Crippen LogP contribution is -2.54. The van der Waals surface area contributed by atoms with Gasteiger partial charge < -0.3 is 15.2 Å². The van der Waals surface area contributed by atoms with Crippen molar-refractivity contribution in [2.24, 2.45) is 34.5 Å². The van der Waals surface area contributed by atoms with Crippen molar-refractivity contribution in [3.63, 3.8) is 0 Å². The lowest BCUT2D eigenvalue weighted by Gasteiger charge is -2.60. The molecule has 0 radical (unpaired) electrons. The van der Waals surface area contributed by atoms with Crippen molar-refractivity contribution in [2.75, 3.05) is 5.75 Å². The summed E-state index contributed by atoms with van der Waals surface area (Å²) in [5.41, 5.74) is 0.230. The monoisotopic (exact) mass is 493 g/mol. The van der Waals surface area contributed by atoms with Crippen LogP contribution < -0.4 is 5.32 Å². The molecule has 190 valence electrons. The number of ketones is 1. The van der Waals surface area contributed by atoms with Crippen LogP contribution in [-0.2, 0) is 23.9 Å². The molecular weight excluding hydrogens is 454 g/mol. The largest absolute Gasteiger partial charge is 0.480 e. The molecule has 0 unspecified atom stereocenters. The zero-order valence-corrected chi connectivity index (χ0v) is 21.3. The molecule has 2 N–H and O–H groups in total. The molecule has 7 nitrogen and oxygen atoms in total. The Kier molecular flexibility index (Phi) is 7.37. The SMILES string of the molecule is C[C@]12CCC(=O)C[C@@H]1CC[C@@H]1[C@@H]2CC[C@]2(C)[C@@H](OC(=O)CCC(=O)N[C@H](CS)C(=O)O)CC[C@@H]12. The second-order valence-corrected chi connectivity index (χ2v) is 12.0. The molecule has 34 heavy (non-hydrogen) atoms. The fraction of sp³-hybridized carbons (Fsp3) is 0.846. The van der Waals surface area contributed by atoms with Gasteiger partial charge in [-0.3, -0.25) is 14.4 Å². The van der Waals surface area contributed by atoms with E-state index in [1.807, 2.05) is 0 Å². The van der Waals surface area contributed by atoms with Gasteiger partial charge in [0.2, 0.25) is 5.91 Å². The Morgan fingerprint density at radius 3 is 2.50 bits per heavy atom. The Balaban J connectivity index is 1.34. The molecule has 1 amide bonds. The molecule has 8 heteroatoms. The summed E-state index contributed by atoms with van der Waals surface area (Å²) in [5, 5.41) is 11.4. The first kappa shape index (κ1) is 25.5. The van der Waals surface area contributed by atoms with Gasteiger partial charge in [0.05, 0.1) is 6.42 Å². The average Bonchev–Trinajstić information content (AvgIpc) is 3.12. The number of fused-ring (bicyclic) bond motifs is 5. The topological polar surface area (TPSA) is 110 Å². The van der Waals surface area contributed by atoms with E-state index in [4.69, 9.17) is 9.84 Å². The number of amides is 1. The first-order chi connectivity index (χ1) is 16.1. The maximum absolute atomic E-state index is 12.6. The highest BCUT2D eigenvalue weighted by atomic mass is 32.1. The summed E-state index contributed by atoms with van der Waals surface area (Å²) in [7, 11) is 0. The molecule has 0 bridgehead atoms. The molecule has 0 heterocycles. The highest BCUT2D eigenvalue weighted by molar-refractivity contribution is 7.80. The van der Waals surface area contributed by atoms with Crippen LogP contribution >= 0.6 is 12.6 Å². The molecule has 4 aliphatic rings. The average molecular weight is 494 g/mol. The maximum atomic E-state index is 12.6. The van der Waals surface area contributed by atoms with Crippen molar-refractivity contribution in [1.82, 2.24) is 5.32 Å². The van der Waals surface area contributed by atoms with Gasteiger partial charge in [-0.2, -0.15) is 12.6 Å². The van der Waals surface area contributed by atoms with Crippen molar-refractivity contribution in [3.05, 3.63) is 0 Å². The highest BCUT2D eigenvalue weighted by Crippen LogP contribution is 2.66. The number of carbonyl (C=O) groups excluding carboxylic acids is 3. The van der Waals surface area contributed by atoms with E-state index in [1.54, 1.807) is 0 Å². The molecule has 4 aliphatic carbocycles. The lowest BCUT2D eigenvalue weighted by molar-refractivity contribution is -0.164. The Labute approximate surface area is 207 Å². The molecule has 8 atom stereocenters. The van der Waals surface area contributed by atoms with E-state index in [2.05, 4.69) is 31.8 Å². The molecule has 0 aromatic rings. The van der Waals surface area contributed by atoms with Crippen LogP contribution in [0.3, 0.4) is 0 Å². The Morgan fingerprint density at radius 1 is 1.06 bits per heavy atom. The summed E-state index contributed by atoms with van der Waals surface area (Å²) in [6, 6.07) is -1.06. The number of esters is 1. The molecule has 4 fully saturated rings. The van der Waals surface area contributed by atoms with Gasteiger partial charge in [-0.05, 0) is 74.0 Å². The molecule has 0 spiro atoms. The second-order valence-electron chi connectivity index (χ2n) is 11.6. The van der Waals surface area contributed by atoms with E-state index in [-0.39, 0.29) is 41.5 Å². The summed E-state index contributed by atoms with van der Waals surface area (Å²) in [5.74, 6) is 0.779. The van der Waals surface area contributed by atoms with E-state index in [9.17, 15) is 19.2 Å². The van der Waals surface area contributed by atoms with Gasteiger partial charge in [0, 0.05) is 30.4 Å². The third-order valence-corrected chi connectivity index (χ3v) is 10.4. The van der Waals surface area contributed by atoms with Crippen molar-refractivity contribution < 1.29 is 29.0 Å². The summed E-state index contributed by atoms with van der Waals surface area (Å²) in [4.78, 5) is 47.8. The van der Waals surface area contributed by atoms with Gasteiger partial charge in [-0.1, -0.05) is 13.8 Å². The quantitative estimate of drug-likeness (QED) is 0.368. The molecule has 0 aromatic carbocycles. The van der Waals surface area contributed by atoms with E-state index in [0.717, 1.165) is 51.4 Å². The number of carbonyl (C=O) groups is 4. The van der Waals surface area contributed by atoms with Gasteiger partial charge in [0.25, 0.3) is 0 Å². The fourth-order valence-electron chi connectivity index (χ4n) is 8.08. The van der Waals surface area contributed by atoms with Crippen LogP contribution in [0.15, 0.2) is 0 Å². The number of carboxylic acid groups (broad SMARTS) is 1. The summed E-state index contributed by atoms with van der Waals surface area (Å²) in [6.07, 6.45) is 8.66. The van der Waals surface area contributed by atoms with E-state index < -0.39 is 17.9 Å². The van der Waals surface area contributed by atoms with Gasteiger partial charge in [0.1, 0.15) is 17.9 Å². The standard InChI is InChI=1S/C26H39NO6S/c1-25-11-9-16(28)13-15(25)3-4-17-18-5-6-21(26(18,2)12-10-19(17)25)33-23(30)8-7-22(29)27-20(14-34)24(31)32/h15,17-21,34H,3-14H2,1-2H3,(H,27,29)(H,31,32)/t15-,17-,18-,19-,20+,21-,25-,26-/m0/s1. The third kappa shape index (κ3) is 4.63. The minimum Gasteiger partial charge on any atom is -0.480 e. The predicted molar refractivity (Wildman–Crippen MR) is 129 cm³/mol. The Bertz CT molecular complexity index is 847. The number of aliphatic carboxylic acids is 1. The lowest BCUT2D eigenvalue weighted by atomic mass is 9.45. The van der Waals surface area contributed by atoms with E-state index in [1.165, 1.54) is 6.42 Å². The van der Waals surface area contributed by atoms with Crippen molar-refractivity contribution in [1.29, 1.82) is 0 Å². The molecule has 0 aromatic heterocycles. The van der Waals surface area contributed by atoms with Gasteiger partial charge in [-0.25, -0.2) is 4.79 Å². The third-order valence-electron chi connectivity index (χ3n) is 10.0. The van der Waals surface area contributed by atoms with Crippen LogP contribution in [0.2, 0.25) is 0 Å². The molecule has 4 rings (SSSR count). The zero-order valence-electron chi connectivity index (χ0n) is 20.4. The minimum absolute atomic E-state index is 0.00834. The van der Waals surface area contributed by atoms with E-state index in [0.29, 0.717) is 29.5 Å². The maximum Gasteiger partial charge on any atom is 0.327 e. The van der Waals surface area contributed by atoms with Crippen molar-refractivity contribution >= 4 is 36.3 Å². The summed E-state index contributed by atoms with van der Waals surface area (Å²) in [6.45, 7) is 4.72. The number of thiol groups is 1. The van der Waals surface area contributed by atoms with Gasteiger partial charge >= 0.3 is 11.9 Å². The van der Waals surface area contributed by atoms with Crippen LogP contribution in [-0.4, -0.2) is 46.6 Å². The normalized spacial score (nSPS) is 39.9. The minimum atomic E-state index is -1.14. The summed E-state index contributed by atoms with van der Waals surface area (Å²) >= 11 is 3.93. The number of carboxylic acids is 1. The highest BCUT2D eigenvalue weighted by Gasteiger charge is 2.61. The van der Waals surface area contributed by atoms with Crippen molar-refractivity contribution in [2.45, 2.75) is 96.6 Å². The zero-order chi connectivity index (χ0) is 24.7. The number of hydrogen-bond donors (Lipinski definition) is 3. The van der Waals surface area contributed by atoms with Crippen LogP contribution in [0.25, 0.3) is 0 Å². The Morgan fingerprint density at radius 2 is 1.79 bits per heavy atom.